The number of carbonyl (C=O) groups is 2. The number of aryl methyl sites for hydroxylation is 1. The molecule has 1 aliphatic heterocycles. The normalized spacial score (nSPS) is 17.3. The van der Waals surface area contributed by atoms with Crippen LogP contribution in [0.1, 0.15) is 23.0 Å². The molecule has 1 amide bonds. The fourth-order valence-electron chi connectivity index (χ4n) is 1.91. The summed E-state index contributed by atoms with van der Waals surface area (Å²) >= 11 is 0. The zero-order valence-electron chi connectivity index (χ0n) is 10.2. The van der Waals surface area contributed by atoms with Crippen molar-refractivity contribution < 1.29 is 24.0 Å². The van der Waals surface area contributed by atoms with Crippen LogP contribution in [0.2, 0.25) is 0 Å². The number of aliphatic carboxylic acids is 1. The molecule has 98 valence electrons. The van der Waals surface area contributed by atoms with Gasteiger partial charge < -0.3 is 19.3 Å². The maximum absolute atomic E-state index is 12.0. The summed E-state index contributed by atoms with van der Waals surface area (Å²) in [6.45, 7) is 3.82. The van der Waals surface area contributed by atoms with Gasteiger partial charge in [-0.1, -0.05) is 5.16 Å². The van der Waals surface area contributed by atoms with Crippen LogP contribution in [0.3, 0.4) is 0 Å². The Balaban J connectivity index is 1.91. The third kappa shape index (κ3) is 2.35. The fraction of sp³-hybridized carbons (Fsp3) is 0.545. The minimum Gasteiger partial charge on any atom is -0.480 e. The first-order chi connectivity index (χ1) is 8.41. The summed E-state index contributed by atoms with van der Waals surface area (Å²) < 4.78 is 10.1. The van der Waals surface area contributed by atoms with Gasteiger partial charge in [-0.3, -0.25) is 4.79 Å². The van der Waals surface area contributed by atoms with Crippen molar-refractivity contribution in [3.8, 4) is 0 Å². The average molecular weight is 254 g/mol. The van der Waals surface area contributed by atoms with Crippen LogP contribution >= 0.6 is 0 Å². The van der Waals surface area contributed by atoms with Gasteiger partial charge in [0.15, 0.2) is 0 Å². The molecular weight excluding hydrogens is 240 g/mol. The van der Waals surface area contributed by atoms with Gasteiger partial charge in [-0.25, -0.2) is 4.79 Å². The molecule has 0 aromatic carbocycles. The topological polar surface area (TPSA) is 92.9 Å². The fourth-order valence-corrected chi connectivity index (χ4v) is 1.91. The van der Waals surface area contributed by atoms with Crippen molar-refractivity contribution in [2.24, 2.45) is 0 Å². The van der Waals surface area contributed by atoms with E-state index in [0.717, 1.165) is 0 Å². The van der Waals surface area contributed by atoms with E-state index in [4.69, 9.17) is 14.4 Å². The summed E-state index contributed by atoms with van der Waals surface area (Å²) in [4.78, 5) is 24.0. The number of hydrogen-bond acceptors (Lipinski definition) is 5. The maximum atomic E-state index is 12.0. The second-order valence-electron chi connectivity index (χ2n) is 4.59. The Morgan fingerprint density at radius 3 is 2.78 bits per heavy atom. The van der Waals surface area contributed by atoms with Crippen LogP contribution in [-0.4, -0.2) is 52.3 Å². The summed E-state index contributed by atoms with van der Waals surface area (Å²) in [5.41, 5.74) is -0.158. The first-order valence-electron chi connectivity index (χ1n) is 5.47. The lowest BCUT2D eigenvalue weighted by molar-refractivity contribution is -0.159. The molecule has 0 radical (unpaired) electrons. The number of nitrogens with zero attached hydrogens (tertiary/aromatic N) is 2. The Labute approximate surface area is 103 Å². The molecule has 2 rings (SSSR count). The van der Waals surface area contributed by atoms with Crippen LogP contribution in [0.15, 0.2) is 10.7 Å². The van der Waals surface area contributed by atoms with E-state index < -0.39 is 11.6 Å². The second kappa shape index (κ2) is 4.41. The molecule has 18 heavy (non-hydrogen) atoms. The molecular formula is C11H14N2O5. The van der Waals surface area contributed by atoms with Gasteiger partial charge in [-0.2, -0.15) is 0 Å². The van der Waals surface area contributed by atoms with E-state index >= 15 is 0 Å². The van der Waals surface area contributed by atoms with E-state index in [1.807, 2.05) is 0 Å². The van der Waals surface area contributed by atoms with Crippen molar-refractivity contribution >= 4 is 11.9 Å². The third-order valence-corrected chi connectivity index (χ3v) is 2.86. The summed E-state index contributed by atoms with van der Waals surface area (Å²) in [6, 6.07) is 0. The number of aromatic nitrogens is 1. The molecule has 1 saturated heterocycles. The minimum atomic E-state index is -1.02. The molecule has 2 heterocycles. The first kappa shape index (κ1) is 12.6. The van der Waals surface area contributed by atoms with Gasteiger partial charge in [0.1, 0.15) is 23.5 Å². The molecule has 0 atom stereocenters. The summed E-state index contributed by atoms with van der Waals surface area (Å²) in [5, 5.41) is 12.1. The smallest absolute Gasteiger partial charge is 0.329 e. The number of carboxylic acids is 1. The van der Waals surface area contributed by atoms with Crippen LogP contribution in [0.4, 0.5) is 0 Å². The molecule has 7 heteroatoms. The maximum Gasteiger partial charge on any atom is 0.329 e. The van der Waals surface area contributed by atoms with Crippen LogP contribution in [0, 0.1) is 6.92 Å². The number of rotatable bonds is 4. The molecule has 1 N–H and O–H groups in total. The Bertz CT molecular complexity index is 476. The summed E-state index contributed by atoms with van der Waals surface area (Å²) in [7, 11) is 0. The molecule has 7 nitrogen and oxygen atoms in total. The van der Waals surface area contributed by atoms with Gasteiger partial charge in [0.25, 0.3) is 5.91 Å². The molecule has 0 aliphatic carbocycles. The molecule has 0 spiro atoms. The highest BCUT2D eigenvalue weighted by Crippen LogP contribution is 2.26. The lowest BCUT2D eigenvalue weighted by Gasteiger charge is -2.47. The Morgan fingerprint density at radius 2 is 2.28 bits per heavy atom. The van der Waals surface area contributed by atoms with E-state index in [0.29, 0.717) is 24.4 Å². The molecule has 0 bridgehead atoms. The van der Waals surface area contributed by atoms with E-state index in [1.54, 1.807) is 18.7 Å². The highest BCUT2D eigenvalue weighted by Gasteiger charge is 2.43. The standard InChI is InChI=1S/C11H14N2O5/c1-7-8(3-12-18-7)10(16)13-5-11(2,6-13)17-4-9(14)15/h3H,4-6H2,1-2H3,(H,14,15). The lowest BCUT2D eigenvalue weighted by Crippen LogP contribution is -2.63. The number of carbonyl (C=O) groups excluding carboxylic acids is 1. The summed E-state index contributed by atoms with van der Waals surface area (Å²) in [5.74, 6) is -0.721. The number of hydrogen-bond donors (Lipinski definition) is 1. The van der Waals surface area contributed by atoms with Crippen molar-refractivity contribution in [2.45, 2.75) is 19.4 Å². The number of likely N-dealkylation sites (tertiary alicyclic amines) is 1. The van der Waals surface area contributed by atoms with Crippen LogP contribution in [0.5, 0.6) is 0 Å². The van der Waals surface area contributed by atoms with Crippen molar-refractivity contribution in [3.63, 3.8) is 0 Å². The average Bonchev–Trinajstić information content (AvgIpc) is 2.68. The van der Waals surface area contributed by atoms with Gasteiger partial charge in [-0.15, -0.1) is 0 Å². The Hall–Kier alpha value is -1.89. The van der Waals surface area contributed by atoms with E-state index in [2.05, 4.69) is 5.16 Å². The highest BCUT2D eigenvalue weighted by atomic mass is 16.5. The first-order valence-corrected chi connectivity index (χ1v) is 5.47. The molecule has 0 unspecified atom stereocenters. The molecule has 1 aliphatic rings. The molecule has 0 saturated carbocycles. The van der Waals surface area contributed by atoms with Crippen LogP contribution in [-0.2, 0) is 9.53 Å². The molecule has 1 fully saturated rings. The van der Waals surface area contributed by atoms with Gasteiger partial charge in [0.05, 0.1) is 19.3 Å². The predicted molar refractivity (Wildman–Crippen MR) is 59.1 cm³/mol. The van der Waals surface area contributed by atoms with E-state index in [9.17, 15) is 9.59 Å². The molecule has 1 aromatic heterocycles. The van der Waals surface area contributed by atoms with Crippen molar-refractivity contribution in [1.82, 2.24) is 10.1 Å². The third-order valence-electron chi connectivity index (χ3n) is 2.86. The zero-order valence-corrected chi connectivity index (χ0v) is 10.2. The van der Waals surface area contributed by atoms with E-state index in [1.165, 1.54) is 6.20 Å². The number of carboxylic acid groups (broad SMARTS) is 1. The monoisotopic (exact) mass is 254 g/mol. The Kier molecular flexibility index (Phi) is 3.08. The number of amides is 1. The van der Waals surface area contributed by atoms with Gasteiger partial charge in [-0.05, 0) is 13.8 Å². The van der Waals surface area contributed by atoms with Crippen molar-refractivity contribution in [2.75, 3.05) is 19.7 Å². The zero-order chi connectivity index (χ0) is 13.3. The SMILES string of the molecule is Cc1oncc1C(=O)N1CC(C)(OCC(=O)O)C1. The quantitative estimate of drug-likeness (QED) is 0.830. The highest BCUT2D eigenvalue weighted by molar-refractivity contribution is 5.95. The Morgan fingerprint density at radius 1 is 1.61 bits per heavy atom. The van der Waals surface area contributed by atoms with Crippen molar-refractivity contribution in [1.29, 1.82) is 0 Å². The predicted octanol–water partition coefficient (Wildman–Crippen LogP) is 0.299. The van der Waals surface area contributed by atoms with Crippen LogP contribution < -0.4 is 0 Å². The lowest BCUT2D eigenvalue weighted by atomic mass is 9.95. The van der Waals surface area contributed by atoms with Gasteiger partial charge in [0.2, 0.25) is 0 Å². The molecule has 1 aromatic rings. The summed E-state index contributed by atoms with van der Waals surface area (Å²) in [6.07, 6.45) is 1.38. The largest absolute Gasteiger partial charge is 0.480 e. The minimum absolute atomic E-state index is 0.176. The van der Waals surface area contributed by atoms with Crippen molar-refractivity contribution in [3.05, 3.63) is 17.5 Å². The number of ether oxygens (including phenoxy) is 1. The van der Waals surface area contributed by atoms with Gasteiger partial charge >= 0.3 is 5.97 Å². The second-order valence-corrected chi connectivity index (χ2v) is 4.59. The van der Waals surface area contributed by atoms with E-state index in [-0.39, 0.29) is 12.5 Å². The van der Waals surface area contributed by atoms with Crippen LogP contribution in [0.25, 0.3) is 0 Å². The van der Waals surface area contributed by atoms with Gasteiger partial charge in [0, 0.05) is 0 Å².